The highest BCUT2D eigenvalue weighted by atomic mass is 32.2. The van der Waals surface area contributed by atoms with Gasteiger partial charge < -0.3 is 5.32 Å². The van der Waals surface area contributed by atoms with E-state index in [4.69, 9.17) is 0 Å². The zero-order valence-corrected chi connectivity index (χ0v) is 7.34. The van der Waals surface area contributed by atoms with Gasteiger partial charge in [-0.1, -0.05) is 11.6 Å². The molecule has 58 valence electrons. The predicted molar refractivity (Wildman–Crippen MR) is 48.6 cm³/mol. The van der Waals surface area contributed by atoms with Gasteiger partial charge in [0.05, 0.1) is 0 Å². The molecule has 1 aliphatic rings. The molecule has 0 aliphatic carbocycles. The average molecular weight is 157 g/mol. The molecule has 0 radical (unpaired) electrons. The Labute approximate surface area is 67.3 Å². The van der Waals surface area contributed by atoms with E-state index in [1.807, 2.05) is 11.8 Å². The largest absolute Gasteiger partial charge is 0.313 e. The first-order valence-corrected chi connectivity index (χ1v) is 4.99. The molecule has 0 aromatic rings. The van der Waals surface area contributed by atoms with Crippen molar-refractivity contribution in [2.24, 2.45) is 0 Å². The Bertz CT molecular complexity index is 120. The molecule has 0 saturated carbocycles. The molecule has 1 heterocycles. The highest BCUT2D eigenvalue weighted by Gasteiger charge is 1.94. The van der Waals surface area contributed by atoms with Gasteiger partial charge in [0.1, 0.15) is 0 Å². The average Bonchev–Trinajstić information content (AvgIpc) is 2.02. The van der Waals surface area contributed by atoms with Crippen LogP contribution in [0.15, 0.2) is 11.6 Å². The summed E-state index contributed by atoms with van der Waals surface area (Å²) < 4.78 is 0. The number of thioether (sulfide) groups is 1. The summed E-state index contributed by atoms with van der Waals surface area (Å²) in [7, 11) is 0. The van der Waals surface area contributed by atoms with E-state index in [1.165, 1.54) is 30.0 Å². The molecule has 1 rings (SSSR count). The fourth-order valence-electron chi connectivity index (χ4n) is 0.941. The van der Waals surface area contributed by atoms with Crippen LogP contribution in [0, 0.1) is 0 Å². The number of hydrogen-bond donors (Lipinski definition) is 1. The molecule has 0 fully saturated rings. The van der Waals surface area contributed by atoms with Crippen LogP contribution < -0.4 is 5.32 Å². The third kappa shape index (κ3) is 3.28. The lowest BCUT2D eigenvalue weighted by Gasteiger charge is -2.00. The van der Waals surface area contributed by atoms with Crippen molar-refractivity contribution in [1.29, 1.82) is 0 Å². The Hall–Kier alpha value is 0.0500. The normalized spacial score (nSPS) is 27.5. The first-order chi connectivity index (χ1) is 4.89. The van der Waals surface area contributed by atoms with E-state index in [0.29, 0.717) is 0 Å². The van der Waals surface area contributed by atoms with Crippen LogP contribution in [0.5, 0.6) is 0 Å². The van der Waals surface area contributed by atoms with Crippen LogP contribution in [0.3, 0.4) is 0 Å². The molecule has 2 heteroatoms. The lowest BCUT2D eigenvalue weighted by Crippen LogP contribution is -2.17. The van der Waals surface area contributed by atoms with Crippen molar-refractivity contribution in [3.05, 3.63) is 11.6 Å². The summed E-state index contributed by atoms with van der Waals surface area (Å²) in [6.45, 7) is 4.46. The van der Waals surface area contributed by atoms with Gasteiger partial charge in [-0.05, 0) is 25.6 Å². The van der Waals surface area contributed by atoms with E-state index in [0.717, 1.165) is 6.54 Å². The topological polar surface area (TPSA) is 12.0 Å². The monoisotopic (exact) mass is 157 g/mol. The molecular formula is C8H15NS. The second kappa shape index (κ2) is 4.80. The lowest BCUT2D eigenvalue weighted by atomic mass is 10.3. The predicted octanol–water partition coefficient (Wildman–Crippen LogP) is 1.66. The highest BCUT2D eigenvalue weighted by molar-refractivity contribution is 7.99. The van der Waals surface area contributed by atoms with Crippen LogP contribution in [-0.4, -0.2) is 24.6 Å². The molecular weight excluding hydrogens is 142 g/mol. The molecule has 0 spiro atoms. The first kappa shape index (κ1) is 8.15. The van der Waals surface area contributed by atoms with Gasteiger partial charge in [0, 0.05) is 12.3 Å². The van der Waals surface area contributed by atoms with Gasteiger partial charge in [-0.2, -0.15) is 11.8 Å². The van der Waals surface area contributed by atoms with Crippen molar-refractivity contribution in [3.8, 4) is 0 Å². The van der Waals surface area contributed by atoms with Crippen molar-refractivity contribution in [1.82, 2.24) is 5.32 Å². The fraction of sp³-hybridized carbons (Fsp3) is 0.750. The minimum absolute atomic E-state index is 1.08. The third-order valence-electron chi connectivity index (χ3n) is 1.60. The van der Waals surface area contributed by atoms with Gasteiger partial charge >= 0.3 is 0 Å². The summed E-state index contributed by atoms with van der Waals surface area (Å²) in [5.74, 6) is 2.50. The summed E-state index contributed by atoms with van der Waals surface area (Å²) in [5.41, 5.74) is 1.48. The summed E-state index contributed by atoms with van der Waals surface area (Å²) in [6, 6.07) is 0. The zero-order valence-electron chi connectivity index (χ0n) is 6.52. The van der Waals surface area contributed by atoms with Gasteiger partial charge in [0.2, 0.25) is 0 Å². The minimum Gasteiger partial charge on any atom is -0.313 e. The van der Waals surface area contributed by atoms with Crippen LogP contribution in [0.25, 0.3) is 0 Å². The van der Waals surface area contributed by atoms with Crippen molar-refractivity contribution in [2.45, 2.75) is 13.3 Å². The second-order valence-electron chi connectivity index (χ2n) is 2.66. The van der Waals surface area contributed by atoms with Crippen molar-refractivity contribution in [2.75, 3.05) is 24.6 Å². The summed E-state index contributed by atoms with van der Waals surface area (Å²) in [5, 5.41) is 3.40. The van der Waals surface area contributed by atoms with Crippen LogP contribution in [-0.2, 0) is 0 Å². The van der Waals surface area contributed by atoms with Crippen LogP contribution in [0.2, 0.25) is 0 Å². The number of nitrogens with one attached hydrogen (secondary N) is 1. The van der Waals surface area contributed by atoms with Crippen LogP contribution >= 0.6 is 11.8 Å². The van der Waals surface area contributed by atoms with Crippen molar-refractivity contribution in [3.63, 3.8) is 0 Å². The SMILES string of the molecule is C/C1=C/CSCCCNC1. The van der Waals surface area contributed by atoms with Crippen molar-refractivity contribution >= 4 is 11.8 Å². The Morgan fingerprint density at radius 1 is 1.60 bits per heavy atom. The number of rotatable bonds is 0. The number of hydrogen-bond acceptors (Lipinski definition) is 2. The van der Waals surface area contributed by atoms with E-state index < -0.39 is 0 Å². The maximum atomic E-state index is 3.40. The Morgan fingerprint density at radius 2 is 2.50 bits per heavy atom. The Balaban J connectivity index is 2.29. The highest BCUT2D eigenvalue weighted by Crippen LogP contribution is 2.05. The molecule has 1 N–H and O–H groups in total. The zero-order chi connectivity index (χ0) is 7.23. The van der Waals surface area contributed by atoms with E-state index in [1.54, 1.807) is 0 Å². The Kier molecular flexibility index (Phi) is 3.91. The minimum atomic E-state index is 1.08. The molecule has 1 nitrogen and oxygen atoms in total. The van der Waals surface area contributed by atoms with E-state index in [-0.39, 0.29) is 0 Å². The fourth-order valence-corrected chi connectivity index (χ4v) is 1.86. The van der Waals surface area contributed by atoms with Crippen molar-refractivity contribution < 1.29 is 0 Å². The maximum Gasteiger partial charge on any atom is 0.0162 e. The van der Waals surface area contributed by atoms with Crippen LogP contribution in [0.1, 0.15) is 13.3 Å². The second-order valence-corrected chi connectivity index (χ2v) is 3.81. The summed E-state index contributed by atoms with van der Waals surface area (Å²) in [6.07, 6.45) is 3.63. The lowest BCUT2D eigenvalue weighted by molar-refractivity contribution is 0.719. The van der Waals surface area contributed by atoms with Gasteiger partial charge in [-0.15, -0.1) is 0 Å². The Morgan fingerprint density at radius 3 is 3.40 bits per heavy atom. The molecule has 0 aromatic carbocycles. The van der Waals surface area contributed by atoms with Gasteiger partial charge in [-0.25, -0.2) is 0 Å². The first-order valence-electron chi connectivity index (χ1n) is 3.83. The van der Waals surface area contributed by atoms with Gasteiger partial charge in [-0.3, -0.25) is 0 Å². The van der Waals surface area contributed by atoms with E-state index in [9.17, 15) is 0 Å². The molecule has 0 saturated heterocycles. The van der Waals surface area contributed by atoms with Gasteiger partial charge in [0.15, 0.2) is 0 Å². The van der Waals surface area contributed by atoms with Gasteiger partial charge in [0.25, 0.3) is 0 Å². The quantitative estimate of drug-likeness (QED) is 0.537. The summed E-state index contributed by atoms with van der Waals surface area (Å²) in [4.78, 5) is 0. The van der Waals surface area contributed by atoms with E-state index >= 15 is 0 Å². The van der Waals surface area contributed by atoms with E-state index in [2.05, 4.69) is 18.3 Å². The molecule has 0 unspecified atom stereocenters. The van der Waals surface area contributed by atoms with Crippen LogP contribution in [0.4, 0.5) is 0 Å². The molecule has 0 amide bonds. The molecule has 0 aromatic heterocycles. The molecule has 10 heavy (non-hydrogen) atoms. The summed E-state index contributed by atoms with van der Waals surface area (Å²) >= 11 is 2.03. The standard InChI is InChI=1S/C8H15NS/c1-8-3-6-10-5-2-4-9-7-8/h3,9H,2,4-7H2,1H3/b8-3-. The third-order valence-corrected chi connectivity index (χ3v) is 2.58. The maximum absolute atomic E-state index is 3.40. The smallest absolute Gasteiger partial charge is 0.0162 e. The molecule has 0 bridgehead atoms. The molecule has 0 atom stereocenters. The molecule has 1 aliphatic heterocycles.